The molecule has 0 aromatic heterocycles. The molecule has 1 aliphatic heterocycles. The fourth-order valence-corrected chi connectivity index (χ4v) is 2.51. The van der Waals surface area contributed by atoms with Crippen molar-refractivity contribution < 1.29 is 13.9 Å². The molecule has 1 aromatic rings. The van der Waals surface area contributed by atoms with Crippen LogP contribution in [0.15, 0.2) is 18.2 Å². The van der Waals surface area contributed by atoms with Crippen LogP contribution >= 0.6 is 0 Å². The number of β-amino-alcohol motifs (C(OH)–C–C–N with tert-alkyl or cyclic N) is 1. The van der Waals surface area contributed by atoms with Crippen LogP contribution in [0.25, 0.3) is 0 Å². The molecular formula is C15H21F2NO. The van der Waals surface area contributed by atoms with E-state index in [1.807, 2.05) is 6.07 Å². The van der Waals surface area contributed by atoms with E-state index in [1.54, 1.807) is 17.0 Å². The Morgan fingerprint density at radius 3 is 2.58 bits per heavy atom. The van der Waals surface area contributed by atoms with Gasteiger partial charge >= 0.3 is 0 Å². The van der Waals surface area contributed by atoms with Gasteiger partial charge in [-0.05, 0) is 16.5 Å². The van der Waals surface area contributed by atoms with Gasteiger partial charge in [-0.3, -0.25) is 4.90 Å². The van der Waals surface area contributed by atoms with Crippen molar-refractivity contribution in [1.82, 2.24) is 4.90 Å². The van der Waals surface area contributed by atoms with Crippen LogP contribution in [0.5, 0.6) is 0 Å². The van der Waals surface area contributed by atoms with Gasteiger partial charge in [0.25, 0.3) is 5.92 Å². The van der Waals surface area contributed by atoms with Gasteiger partial charge in [-0.1, -0.05) is 39.0 Å². The van der Waals surface area contributed by atoms with Crippen molar-refractivity contribution in [3.63, 3.8) is 0 Å². The molecular weight excluding hydrogens is 248 g/mol. The first kappa shape index (κ1) is 14.4. The highest BCUT2D eigenvalue weighted by Crippen LogP contribution is 2.38. The van der Waals surface area contributed by atoms with Gasteiger partial charge < -0.3 is 5.11 Å². The number of fused-ring (bicyclic) bond motifs is 1. The summed E-state index contributed by atoms with van der Waals surface area (Å²) in [5, 5.41) is 8.93. The molecule has 0 aliphatic carbocycles. The van der Waals surface area contributed by atoms with Crippen molar-refractivity contribution in [2.75, 3.05) is 19.7 Å². The van der Waals surface area contributed by atoms with Gasteiger partial charge in [0.2, 0.25) is 0 Å². The highest BCUT2D eigenvalue weighted by atomic mass is 19.3. The molecule has 2 rings (SSSR count). The summed E-state index contributed by atoms with van der Waals surface area (Å²) in [5.41, 5.74) is 1.82. The molecule has 106 valence electrons. The number of aliphatic hydroxyl groups excluding tert-OH is 1. The Kier molecular flexibility index (Phi) is 3.67. The van der Waals surface area contributed by atoms with Crippen molar-refractivity contribution in [2.24, 2.45) is 0 Å². The Bertz CT molecular complexity index is 466. The molecule has 0 saturated heterocycles. The molecule has 1 heterocycles. The van der Waals surface area contributed by atoms with E-state index in [0.717, 1.165) is 5.56 Å². The van der Waals surface area contributed by atoms with Crippen molar-refractivity contribution in [3.8, 4) is 0 Å². The molecule has 0 bridgehead atoms. The van der Waals surface area contributed by atoms with E-state index in [1.165, 1.54) is 0 Å². The summed E-state index contributed by atoms with van der Waals surface area (Å²) in [6, 6.07) is 5.24. The summed E-state index contributed by atoms with van der Waals surface area (Å²) >= 11 is 0. The standard InChI is InChI=1S/C15H21F2NO/c1-14(2,3)12-4-5-13-11(8-12)9-18(6-7-19)10-15(13,16)17/h4-5,8,19H,6-7,9-10H2,1-3H3. The molecule has 0 spiro atoms. The van der Waals surface area contributed by atoms with Gasteiger partial charge in [0.1, 0.15) is 0 Å². The van der Waals surface area contributed by atoms with Crippen LogP contribution in [0.4, 0.5) is 8.78 Å². The molecule has 1 aliphatic rings. The minimum atomic E-state index is -2.83. The van der Waals surface area contributed by atoms with Crippen LogP contribution in [0.2, 0.25) is 0 Å². The molecule has 2 nitrogen and oxygen atoms in total. The Hall–Kier alpha value is -1.00. The molecule has 0 amide bonds. The largest absolute Gasteiger partial charge is 0.395 e. The van der Waals surface area contributed by atoms with Gasteiger partial charge in [-0.25, -0.2) is 0 Å². The second kappa shape index (κ2) is 4.84. The minimum absolute atomic E-state index is 0.0520. The number of alkyl halides is 2. The number of nitrogens with zero attached hydrogens (tertiary/aromatic N) is 1. The van der Waals surface area contributed by atoms with Crippen LogP contribution in [0, 0.1) is 0 Å². The third kappa shape index (κ3) is 2.95. The van der Waals surface area contributed by atoms with Gasteiger partial charge in [0.05, 0.1) is 13.2 Å². The molecule has 0 atom stereocenters. The second-order valence-corrected chi connectivity index (χ2v) is 6.26. The maximum atomic E-state index is 14.1. The third-order valence-corrected chi connectivity index (χ3v) is 3.60. The van der Waals surface area contributed by atoms with E-state index < -0.39 is 5.92 Å². The molecule has 1 N–H and O–H groups in total. The SMILES string of the molecule is CC(C)(C)c1ccc2c(c1)CN(CCO)CC2(F)F. The monoisotopic (exact) mass is 269 g/mol. The quantitative estimate of drug-likeness (QED) is 0.892. The van der Waals surface area contributed by atoms with E-state index in [2.05, 4.69) is 20.8 Å². The maximum Gasteiger partial charge on any atom is 0.285 e. The minimum Gasteiger partial charge on any atom is -0.395 e. The van der Waals surface area contributed by atoms with Crippen molar-refractivity contribution in [2.45, 2.75) is 38.7 Å². The van der Waals surface area contributed by atoms with Crippen LogP contribution in [0.1, 0.15) is 37.5 Å². The van der Waals surface area contributed by atoms with Gasteiger partial charge in [0, 0.05) is 18.7 Å². The predicted molar refractivity (Wildman–Crippen MR) is 71.4 cm³/mol. The second-order valence-electron chi connectivity index (χ2n) is 6.26. The average Bonchev–Trinajstić information content (AvgIpc) is 2.26. The van der Waals surface area contributed by atoms with Crippen molar-refractivity contribution >= 4 is 0 Å². The first-order valence-corrected chi connectivity index (χ1v) is 6.59. The molecule has 0 unspecified atom stereocenters. The van der Waals surface area contributed by atoms with E-state index >= 15 is 0 Å². The van der Waals surface area contributed by atoms with Crippen LogP contribution in [-0.2, 0) is 17.9 Å². The molecule has 4 heteroatoms. The zero-order valence-corrected chi connectivity index (χ0v) is 11.7. The van der Waals surface area contributed by atoms with Crippen LogP contribution in [0.3, 0.4) is 0 Å². The highest BCUT2D eigenvalue weighted by molar-refractivity contribution is 5.39. The lowest BCUT2D eigenvalue weighted by atomic mass is 9.83. The zero-order valence-electron chi connectivity index (χ0n) is 11.7. The lowest BCUT2D eigenvalue weighted by molar-refractivity contribution is -0.0548. The maximum absolute atomic E-state index is 14.1. The number of hydrogen-bond acceptors (Lipinski definition) is 2. The number of rotatable bonds is 2. The predicted octanol–water partition coefficient (Wildman–Crippen LogP) is 2.88. The summed E-state index contributed by atoms with van der Waals surface area (Å²) in [6.45, 7) is 6.58. The molecule has 19 heavy (non-hydrogen) atoms. The highest BCUT2D eigenvalue weighted by Gasteiger charge is 2.40. The number of aliphatic hydroxyl groups is 1. The number of benzene rings is 1. The van der Waals surface area contributed by atoms with Gasteiger partial charge in [0.15, 0.2) is 0 Å². The summed E-state index contributed by atoms with van der Waals surface area (Å²) in [5.74, 6) is -2.83. The molecule has 0 fully saturated rings. The smallest absolute Gasteiger partial charge is 0.285 e. The first-order chi connectivity index (χ1) is 8.74. The number of hydrogen-bond donors (Lipinski definition) is 1. The molecule has 0 saturated carbocycles. The summed E-state index contributed by atoms with van der Waals surface area (Å²) in [7, 11) is 0. The third-order valence-electron chi connectivity index (χ3n) is 3.60. The fraction of sp³-hybridized carbons (Fsp3) is 0.600. The van der Waals surface area contributed by atoms with E-state index in [0.29, 0.717) is 12.1 Å². The Morgan fingerprint density at radius 1 is 1.32 bits per heavy atom. The number of halogens is 2. The Morgan fingerprint density at radius 2 is 2.00 bits per heavy atom. The van der Waals surface area contributed by atoms with E-state index in [-0.39, 0.29) is 30.7 Å². The van der Waals surface area contributed by atoms with E-state index in [9.17, 15) is 8.78 Å². The average molecular weight is 269 g/mol. The zero-order chi connectivity index (χ0) is 14.3. The summed E-state index contributed by atoms with van der Waals surface area (Å²) in [6.07, 6.45) is 0. The first-order valence-electron chi connectivity index (χ1n) is 6.59. The topological polar surface area (TPSA) is 23.5 Å². The fourth-order valence-electron chi connectivity index (χ4n) is 2.51. The lowest BCUT2D eigenvalue weighted by Gasteiger charge is -2.35. The van der Waals surface area contributed by atoms with Crippen LogP contribution < -0.4 is 0 Å². The lowest BCUT2D eigenvalue weighted by Crippen LogP contribution is -2.41. The summed E-state index contributed by atoms with van der Waals surface area (Å²) in [4.78, 5) is 1.61. The van der Waals surface area contributed by atoms with Crippen molar-refractivity contribution in [1.29, 1.82) is 0 Å². The van der Waals surface area contributed by atoms with Crippen LogP contribution in [-0.4, -0.2) is 29.7 Å². The van der Waals surface area contributed by atoms with E-state index in [4.69, 9.17) is 5.11 Å². The summed E-state index contributed by atoms with van der Waals surface area (Å²) < 4.78 is 28.2. The van der Waals surface area contributed by atoms with Gasteiger partial charge in [-0.15, -0.1) is 0 Å². The Balaban J connectivity index is 2.40. The molecule has 0 radical (unpaired) electrons. The Labute approximate surface area is 113 Å². The molecule has 1 aromatic carbocycles. The normalized spacial score (nSPS) is 19.3. The van der Waals surface area contributed by atoms with Gasteiger partial charge in [-0.2, -0.15) is 8.78 Å². The van der Waals surface area contributed by atoms with Crippen molar-refractivity contribution in [3.05, 3.63) is 34.9 Å².